The van der Waals surface area contributed by atoms with Crippen molar-refractivity contribution in [2.24, 2.45) is 17.8 Å². The third-order valence-corrected chi connectivity index (χ3v) is 5.67. The Balaban J connectivity index is 1.76. The largest absolute Gasteiger partial charge is 0.481 e. The van der Waals surface area contributed by atoms with Crippen LogP contribution in [0.4, 0.5) is 0 Å². The molecule has 2 saturated carbocycles. The molecule has 114 valence electrons. The van der Waals surface area contributed by atoms with Crippen LogP contribution in [0.5, 0.6) is 0 Å². The fraction of sp³-hybridized carbons (Fsp3) is 0.611. The SMILES string of the molecule is Cc1ccc(C(C)NC2C3CCC(C3)C2C(=O)O)cc1C. The lowest BCUT2D eigenvalue weighted by molar-refractivity contribution is -0.144. The van der Waals surface area contributed by atoms with Crippen LogP contribution in [-0.4, -0.2) is 17.1 Å². The molecule has 2 aliphatic carbocycles. The first-order valence-electron chi connectivity index (χ1n) is 8.03. The second-order valence-electron chi connectivity index (χ2n) is 6.96. The van der Waals surface area contributed by atoms with Gasteiger partial charge in [0, 0.05) is 12.1 Å². The van der Waals surface area contributed by atoms with Crippen LogP contribution in [0.1, 0.15) is 48.9 Å². The summed E-state index contributed by atoms with van der Waals surface area (Å²) in [6.45, 7) is 6.39. The number of benzene rings is 1. The normalized spacial score (nSPS) is 32.3. The van der Waals surface area contributed by atoms with Crippen molar-refractivity contribution in [3.8, 4) is 0 Å². The summed E-state index contributed by atoms with van der Waals surface area (Å²) in [7, 11) is 0. The van der Waals surface area contributed by atoms with E-state index >= 15 is 0 Å². The van der Waals surface area contributed by atoms with Crippen molar-refractivity contribution in [3.05, 3.63) is 34.9 Å². The summed E-state index contributed by atoms with van der Waals surface area (Å²) in [5.74, 6) is 0.117. The minimum atomic E-state index is -0.619. The Morgan fingerprint density at radius 3 is 2.62 bits per heavy atom. The number of carboxylic acids is 1. The standard InChI is InChI=1S/C18H25NO2/c1-10-4-5-13(8-11(10)2)12(3)19-17-15-7-6-14(9-15)16(17)18(20)21/h4-5,8,12,14-17,19H,6-7,9H2,1-3H3,(H,20,21). The first-order valence-corrected chi connectivity index (χ1v) is 8.03. The zero-order valence-electron chi connectivity index (χ0n) is 13.1. The van der Waals surface area contributed by atoms with Gasteiger partial charge in [-0.05, 0) is 68.6 Å². The average Bonchev–Trinajstić information content (AvgIpc) is 3.02. The molecule has 0 heterocycles. The molecule has 2 fully saturated rings. The Bertz CT molecular complexity index is 554. The molecular formula is C18H25NO2. The first-order chi connectivity index (χ1) is 9.97. The summed E-state index contributed by atoms with van der Waals surface area (Å²) in [5, 5.41) is 13.2. The number of hydrogen-bond donors (Lipinski definition) is 2. The van der Waals surface area contributed by atoms with Gasteiger partial charge in [0.05, 0.1) is 5.92 Å². The molecule has 0 spiro atoms. The zero-order valence-corrected chi connectivity index (χ0v) is 13.1. The molecule has 2 bridgehead atoms. The van der Waals surface area contributed by atoms with Crippen molar-refractivity contribution in [1.82, 2.24) is 5.32 Å². The third kappa shape index (κ3) is 2.59. The van der Waals surface area contributed by atoms with E-state index in [9.17, 15) is 9.90 Å². The van der Waals surface area contributed by atoms with Crippen molar-refractivity contribution in [3.63, 3.8) is 0 Å². The van der Waals surface area contributed by atoms with E-state index in [2.05, 4.69) is 44.3 Å². The van der Waals surface area contributed by atoms with Gasteiger partial charge in [0.15, 0.2) is 0 Å². The summed E-state index contributed by atoms with van der Waals surface area (Å²) in [6.07, 6.45) is 3.37. The predicted molar refractivity (Wildman–Crippen MR) is 83.2 cm³/mol. The molecule has 3 rings (SSSR count). The van der Waals surface area contributed by atoms with Gasteiger partial charge in [0.25, 0.3) is 0 Å². The van der Waals surface area contributed by atoms with E-state index in [1.54, 1.807) is 0 Å². The van der Waals surface area contributed by atoms with Crippen LogP contribution in [0.2, 0.25) is 0 Å². The van der Waals surface area contributed by atoms with Crippen LogP contribution in [0.25, 0.3) is 0 Å². The molecular weight excluding hydrogens is 262 g/mol. The van der Waals surface area contributed by atoms with Gasteiger partial charge in [0.2, 0.25) is 0 Å². The summed E-state index contributed by atoms with van der Waals surface area (Å²) in [5.41, 5.74) is 3.85. The van der Waals surface area contributed by atoms with E-state index < -0.39 is 5.97 Å². The van der Waals surface area contributed by atoms with Gasteiger partial charge < -0.3 is 10.4 Å². The van der Waals surface area contributed by atoms with Crippen molar-refractivity contribution in [1.29, 1.82) is 0 Å². The molecule has 3 nitrogen and oxygen atoms in total. The molecule has 0 amide bonds. The van der Waals surface area contributed by atoms with Gasteiger partial charge in [-0.2, -0.15) is 0 Å². The molecule has 21 heavy (non-hydrogen) atoms. The lowest BCUT2D eigenvalue weighted by atomic mass is 9.84. The number of nitrogens with one attached hydrogen (secondary N) is 1. The molecule has 0 radical (unpaired) electrons. The number of aryl methyl sites for hydroxylation is 2. The predicted octanol–water partition coefficient (Wildman–Crippen LogP) is 3.45. The molecule has 0 aliphatic heterocycles. The number of carboxylic acid groups (broad SMARTS) is 1. The monoisotopic (exact) mass is 287 g/mol. The topological polar surface area (TPSA) is 49.3 Å². The quantitative estimate of drug-likeness (QED) is 0.891. The first kappa shape index (κ1) is 14.6. The zero-order chi connectivity index (χ0) is 15.1. The van der Waals surface area contributed by atoms with E-state index in [-0.39, 0.29) is 18.0 Å². The lowest BCUT2D eigenvalue weighted by Crippen LogP contribution is -2.45. The van der Waals surface area contributed by atoms with E-state index in [1.165, 1.54) is 23.1 Å². The molecule has 0 aromatic heterocycles. The highest BCUT2D eigenvalue weighted by Crippen LogP contribution is 2.49. The highest BCUT2D eigenvalue weighted by Gasteiger charge is 2.51. The van der Waals surface area contributed by atoms with Crippen LogP contribution in [0, 0.1) is 31.6 Å². The fourth-order valence-electron chi connectivity index (χ4n) is 4.31. The second kappa shape index (κ2) is 5.45. The fourth-order valence-corrected chi connectivity index (χ4v) is 4.31. The van der Waals surface area contributed by atoms with Crippen LogP contribution in [0.3, 0.4) is 0 Å². The number of rotatable bonds is 4. The smallest absolute Gasteiger partial charge is 0.308 e. The van der Waals surface area contributed by atoms with Gasteiger partial charge in [-0.25, -0.2) is 0 Å². The van der Waals surface area contributed by atoms with Crippen molar-refractivity contribution in [2.75, 3.05) is 0 Å². The Morgan fingerprint density at radius 1 is 1.24 bits per heavy atom. The molecule has 3 heteroatoms. The molecule has 2 N–H and O–H groups in total. The van der Waals surface area contributed by atoms with Gasteiger partial charge >= 0.3 is 5.97 Å². The molecule has 1 aromatic rings. The van der Waals surface area contributed by atoms with Crippen LogP contribution < -0.4 is 5.32 Å². The lowest BCUT2D eigenvalue weighted by Gasteiger charge is -2.32. The molecule has 1 aromatic carbocycles. The van der Waals surface area contributed by atoms with Gasteiger partial charge in [-0.1, -0.05) is 18.2 Å². The average molecular weight is 287 g/mol. The van der Waals surface area contributed by atoms with Gasteiger partial charge in [-0.15, -0.1) is 0 Å². The van der Waals surface area contributed by atoms with Crippen LogP contribution in [0.15, 0.2) is 18.2 Å². The highest BCUT2D eigenvalue weighted by atomic mass is 16.4. The Morgan fingerprint density at radius 2 is 1.95 bits per heavy atom. The van der Waals surface area contributed by atoms with E-state index in [1.807, 2.05) is 0 Å². The van der Waals surface area contributed by atoms with Gasteiger partial charge in [-0.3, -0.25) is 4.79 Å². The maximum Gasteiger partial charge on any atom is 0.308 e. The molecule has 5 unspecified atom stereocenters. The molecule has 0 saturated heterocycles. The van der Waals surface area contributed by atoms with E-state index in [4.69, 9.17) is 0 Å². The minimum Gasteiger partial charge on any atom is -0.481 e. The van der Waals surface area contributed by atoms with E-state index in [0.717, 1.165) is 12.8 Å². The summed E-state index contributed by atoms with van der Waals surface area (Å²) >= 11 is 0. The summed E-state index contributed by atoms with van der Waals surface area (Å²) < 4.78 is 0. The van der Waals surface area contributed by atoms with Crippen molar-refractivity contribution >= 4 is 5.97 Å². The van der Waals surface area contributed by atoms with Crippen molar-refractivity contribution in [2.45, 2.75) is 52.1 Å². The second-order valence-corrected chi connectivity index (χ2v) is 6.96. The van der Waals surface area contributed by atoms with Crippen LogP contribution >= 0.6 is 0 Å². The van der Waals surface area contributed by atoms with Crippen LogP contribution in [-0.2, 0) is 4.79 Å². The minimum absolute atomic E-state index is 0.137. The summed E-state index contributed by atoms with van der Waals surface area (Å²) in [6, 6.07) is 6.87. The van der Waals surface area contributed by atoms with E-state index in [0.29, 0.717) is 11.8 Å². The number of hydrogen-bond acceptors (Lipinski definition) is 2. The Hall–Kier alpha value is -1.35. The maximum absolute atomic E-state index is 11.6. The third-order valence-electron chi connectivity index (χ3n) is 5.67. The maximum atomic E-state index is 11.6. The van der Waals surface area contributed by atoms with Crippen molar-refractivity contribution < 1.29 is 9.90 Å². The summed E-state index contributed by atoms with van der Waals surface area (Å²) in [4.78, 5) is 11.6. The number of fused-ring (bicyclic) bond motifs is 2. The molecule has 5 atom stereocenters. The Labute approximate surface area is 126 Å². The van der Waals surface area contributed by atoms with Gasteiger partial charge in [0.1, 0.15) is 0 Å². The highest BCUT2D eigenvalue weighted by molar-refractivity contribution is 5.72. The molecule has 2 aliphatic rings. The Kier molecular flexibility index (Phi) is 3.78. The number of aliphatic carboxylic acids is 1. The number of carbonyl (C=O) groups is 1.